The number of benzene rings is 3. The van der Waals surface area contributed by atoms with Crippen LogP contribution in [0.3, 0.4) is 0 Å². The van der Waals surface area contributed by atoms with Gasteiger partial charge in [0.05, 0.1) is 12.5 Å². The zero-order valence-corrected chi connectivity index (χ0v) is 15.8. The third-order valence-electron chi connectivity index (χ3n) is 4.58. The highest BCUT2D eigenvalue weighted by atomic mass is 16.5. The summed E-state index contributed by atoms with van der Waals surface area (Å²) in [5.74, 6) is 1.36. The van der Waals surface area contributed by atoms with Crippen LogP contribution in [-0.2, 0) is 6.61 Å². The molecular weight excluding hydrogens is 352 g/mol. The molecule has 4 aromatic rings. The number of hydrogen-bond acceptors (Lipinski definition) is 4. The van der Waals surface area contributed by atoms with Gasteiger partial charge in [-0.2, -0.15) is 0 Å². The molecule has 28 heavy (non-hydrogen) atoms. The Morgan fingerprint density at radius 3 is 2.39 bits per heavy atom. The van der Waals surface area contributed by atoms with Gasteiger partial charge in [-0.25, -0.2) is 0 Å². The molecule has 0 atom stereocenters. The molecule has 3 aromatic carbocycles. The second-order valence-corrected chi connectivity index (χ2v) is 6.59. The molecule has 0 aliphatic carbocycles. The van der Waals surface area contributed by atoms with Crippen molar-refractivity contribution in [1.29, 1.82) is 0 Å². The second kappa shape index (κ2) is 7.61. The molecule has 0 amide bonds. The van der Waals surface area contributed by atoms with E-state index in [9.17, 15) is 4.79 Å². The standard InChI is InChI=1S/C24H20O4/c1-16-8-13-21-20(14-16)22(25)24(27-15-17-6-4-3-5-7-17)23(28-21)18-9-11-19(26-2)12-10-18/h3-14H,15H2,1-2H3. The van der Waals surface area contributed by atoms with E-state index >= 15 is 0 Å². The Morgan fingerprint density at radius 2 is 1.68 bits per heavy atom. The Balaban J connectivity index is 1.85. The first-order valence-electron chi connectivity index (χ1n) is 9.04. The Hall–Kier alpha value is -3.53. The zero-order chi connectivity index (χ0) is 19.5. The lowest BCUT2D eigenvalue weighted by Gasteiger charge is -2.12. The fourth-order valence-corrected chi connectivity index (χ4v) is 3.09. The summed E-state index contributed by atoms with van der Waals surface area (Å²) in [4.78, 5) is 13.2. The Labute approximate surface area is 163 Å². The molecule has 4 nitrogen and oxygen atoms in total. The third kappa shape index (κ3) is 3.49. The van der Waals surface area contributed by atoms with Gasteiger partial charge in [0, 0.05) is 5.56 Å². The van der Waals surface area contributed by atoms with Crippen LogP contribution < -0.4 is 14.9 Å². The van der Waals surface area contributed by atoms with Gasteiger partial charge in [0.1, 0.15) is 17.9 Å². The topological polar surface area (TPSA) is 48.7 Å². The lowest BCUT2D eigenvalue weighted by Crippen LogP contribution is -2.10. The fourth-order valence-electron chi connectivity index (χ4n) is 3.09. The summed E-state index contributed by atoms with van der Waals surface area (Å²) in [6, 6.07) is 22.7. The van der Waals surface area contributed by atoms with E-state index in [1.165, 1.54) is 0 Å². The van der Waals surface area contributed by atoms with Crippen LogP contribution in [-0.4, -0.2) is 7.11 Å². The van der Waals surface area contributed by atoms with Gasteiger partial charge in [-0.15, -0.1) is 0 Å². The molecule has 4 rings (SSSR count). The normalized spacial score (nSPS) is 10.8. The van der Waals surface area contributed by atoms with Crippen molar-refractivity contribution in [1.82, 2.24) is 0 Å². The van der Waals surface area contributed by atoms with Crippen molar-refractivity contribution in [3.63, 3.8) is 0 Å². The number of ether oxygens (including phenoxy) is 2. The van der Waals surface area contributed by atoms with E-state index < -0.39 is 0 Å². The summed E-state index contributed by atoms with van der Waals surface area (Å²) in [5.41, 5.74) is 3.08. The van der Waals surface area contributed by atoms with E-state index in [4.69, 9.17) is 13.9 Å². The third-order valence-corrected chi connectivity index (χ3v) is 4.58. The molecule has 0 aliphatic rings. The monoisotopic (exact) mass is 372 g/mol. The molecule has 0 N–H and O–H groups in total. The molecule has 4 heteroatoms. The van der Waals surface area contributed by atoms with Crippen molar-refractivity contribution in [2.75, 3.05) is 7.11 Å². The van der Waals surface area contributed by atoms with Crippen LogP contribution in [0.5, 0.6) is 11.5 Å². The zero-order valence-electron chi connectivity index (χ0n) is 15.8. The van der Waals surface area contributed by atoms with Crippen LogP contribution in [0.25, 0.3) is 22.3 Å². The van der Waals surface area contributed by atoms with E-state index in [1.54, 1.807) is 7.11 Å². The lowest BCUT2D eigenvalue weighted by molar-refractivity contribution is 0.298. The van der Waals surface area contributed by atoms with Gasteiger partial charge >= 0.3 is 0 Å². The Kier molecular flexibility index (Phi) is 4.85. The van der Waals surface area contributed by atoms with Crippen LogP contribution in [0.4, 0.5) is 0 Å². The van der Waals surface area contributed by atoms with Crippen LogP contribution in [0.15, 0.2) is 82.0 Å². The molecule has 140 valence electrons. The first-order valence-corrected chi connectivity index (χ1v) is 9.04. The number of methoxy groups -OCH3 is 1. The SMILES string of the molecule is COc1ccc(-c2oc3ccc(C)cc3c(=O)c2OCc2ccccc2)cc1. The summed E-state index contributed by atoms with van der Waals surface area (Å²) in [7, 11) is 1.61. The number of hydrogen-bond donors (Lipinski definition) is 0. The van der Waals surface area contributed by atoms with Gasteiger partial charge < -0.3 is 13.9 Å². The predicted molar refractivity (Wildman–Crippen MR) is 110 cm³/mol. The second-order valence-electron chi connectivity index (χ2n) is 6.59. The van der Waals surface area contributed by atoms with Crippen LogP contribution in [0.2, 0.25) is 0 Å². The van der Waals surface area contributed by atoms with Crippen molar-refractivity contribution < 1.29 is 13.9 Å². The van der Waals surface area contributed by atoms with Crippen molar-refractivity contribution in [3.8, 4) is 22.8 Å². The Bertz CT molecular complexity index is 1160. The number of fused-ring (bicyclic) bond motifs is 1. The molecule has 1 heterocycles. The maximum absolute atomic E-state index is 13.2. The average molecular weight is 372 g/mol. The van der Waals surface area contributed by atoms with Gasteiger partial charge in [0.15, 0.2) is 5.76 Å². The van der Waals surface area contributed by atoms with Gasteiger partial charge in [-0.3, -0.25) is 4.79 Å². The minimum absolute atomic E-state index is 0.174. The number of rotatable bonds is 5. The van der Waals surface area contributed by atoms with Crippen LogP contribution in [0, 0.1) is 6.92 Å². The summed E-state index contributed by atoms with van der Waals surface area (Å²) in [6.45, 7) is 2.23. The highest BCUT2D eigenvalue weighted by Gasteiger charge is 2.18. The maximum Gasteiger partial charge on any atom is 0.235 e. The molecule has 0 saturated heterocycles. The highest BCUT2D eigenvalue weighted by Crippen LogP contribution is 2.32. The summed E-state index contributed by atoms with van der Waals surface area (Å²) < 4.78 is 17.3. The molecule has 0 radical (unpaired) electrons. The Morgan fingerprint density at radius 1 is 0.929 bits per heavy atom. The summed E-state index contributed by atoms with van der Waals surface area (Å²) >= 11 is 0. The minimum atomic E-state index is -0.174. The first kappa shape index (κ1) is 17.9. The van der Waals surface area contributed by atoms with Crippen LogP contribution >= 0.6 is 0 Å². The van der Waals surface area contributed by atoms with E-state index in [1.807, 2.05) is 79.7 Å². The molecule has 0 aliphatic heterocycles. The fraction of sp³-hybridized carbons (Fsp3) is 0.125. The molecule has 0 fully saturated rings. The summed E-state index contributed by atoms with van der Waals surface area (Å²) in [5, 5.41) is 0.514. The molecular formula is C24H20O4. The van der Waals surface area contributed by atoms with Gasteiger partial charge in [-0.1, -0.05) is 42.0 Å². The van der Waals surface area contributed by atoms with Crippen molar-refractivity contribution >= 4 is 11.0 Å². The van der Waals surface area contributed by atoms with E-state index in [2.05, 4.69) is 0 Å². The van der Waals surface area contributed by atoms with Crippen LogP contribution in [0.1, 0.15) is 11.1 Å². The predicted octanol–water partition coefficient (Wildman–Crippen LogP) is 5.36. The van der Waals surface area contributed by atoms with Crippen molar-refractivity contribution in [3.05, 3.63) is 94.1 Å². The van der Waals surface area contributed by atoms with Gasteiger partial charge in [0.25, 0.3) is 0 Å². The van der Waals surface area contributed by atoms with E-state index in [-0.39, 0.29) is 17.8 Å². The highest BCUT2D eigenvalue weighted by molar-refractivity contribution is 5.82. The van der Waals surface area contributed by atoms with E-state index in [0.717, 1.165) is 22.4 Å². The largest absolute Gasteiger partial charge is 0.497 e. The molecule has 0 unspecified atom stereocenters. The van der Waals surface area contributed by atoms with Crippen molar-refractivity contribution in [2.45, 2.75) is 13.5 Å². The number of aryl methyl sites for hydroxylation is 1. The molecule has 0 bridgehead atoms. The van der Waals surface area contributed by atoms with Gasteiger partial charge in [0.2, 0.25) is 11.2 Å². The quantitative estimate of drug-likeness (QED) is 0.473. The lowest BCUT2D eigenvalue weighted by atomic mass is 10.1. The maximum atomic E-state index is 13.2. The molecule has 0 spiro atoms. The smallest absolute Gasteiger partial charge is 0.235 e. The molecule has 0 saturated carbocycles. The molecule has 1 aromatic heterocycles. The van der Waals surface area contributed by atoms with E-state index in [0.29, 0.717) is 16.7 Å². The first-order chi connectivity index (χ1) is 13.7. The summed E-state index contributed by atoms with van der Waals surface area (Å²) in [6.07, 6.45) is 0. The van der Waals surface area contributed by atoms with Gasteiger partial charge in [-0.05, 0) is 48.9 Å². The average Bonchev–Trinajstić information content (AvgIpc) is 2.74. The minimum Gasteiger partial charge on any atom is -0.497 e. The van der Waals surface area contributed by atoms with Crippen molar-refractivity contribution in [2.24, 2.45) is 0 Å².